The summed E-state index contributed by atoms with van der Waals surface area (Å²) >= 11 is 0. The number of ether oxygens (including phenoxy) is 4. The van der Waals surface area contributed by atoms with Gasteiger partial charge in [0.05, 0.1) is 34.1 Å². The van der Waals surface area contributed by atoms with Crippen LogP contribution in [-0.2, 0) is 4.79 Å². The Hall–Kier alpha value is -4.19. The SMILES string of the molecule is COc1ccc(/C=C/c2cc(OC)c(OC)c(OC)c2)cc1NC(=O)/C=C/c1ccccc1. The summed E-state index contributed by atoms with van der Waals surface area (Å²) in [6, 6.07) is 18.9. The maximum atomic E-state index is 12.4. The van der Waals surface area contributed by atoms with Gasteiger partial charge in [0.15, 0.2) is 11.5 Å². The number of benzene rings is 3. The van der Waals surface area contributed by atoms with E-state index < -0.39 is 0 Å². The van der Waals surface area contributed by atoms with Crippen molar-refractivity contribution >= 4 is 29.8 Å². The molecule has 0 unspecified atom stereocenters. The van der Waals surface area contributed by atoms with E-state index in [1.165, 1.54) is 6.08 Å². The molecule has 0 saturated carbocycles. The number of anilines is 1. The van der Waals surface area contributed by atoms with Gasteiger partial charge in [0.2, 0.25) is 11.7 Å². The molecule has 0 aliphatic heterocycles. The molecule has 0 radical (unpaired) electrons. The van der Waals surface area contributed by atoms with Gasteiger partial charge in [-0.05, 0) is 47.0 Å². The van der Waals surface area contributed by atoms with Crippen molar-refractivity contribution < 1.29 is 23.7 Å². The summed E-state index contributed by atoms with van der Waals surface area (Å²) in [5, 5.41) is 2.88. The fraction of sp³-hybridized carbons (Fsp3) is 0.148. The molecule has 0 fully saturated rings. The van der Waals surface area contributed by atoms with Crippen molar-refractivity contribution in [1.29, 1.82) is 0 Å². The minimum Gasteiger partial charge on any atom is -0.495 e. The van der Waals surface area contributed by atoms with Gasteiger partial charge in [-0.2, -0.15) is 0 Å². The van der Waals surface area contributed by atoms with Gasteiger partial charge < -0.3 is 24.3 Å². The molecule has 0 aromatic heterocycles. The highest BCUT2D eigenvalue weighted by molar-refractivity contribution is 6.03. The quantitative estimate of drug-likeness (QED) is 0.346. The Morgan fingerprint density at radius 2 is 1.30 bits per heavy atom. The maximum Gasteiger partial charge on any atom is 0.248 e. The Bertz CT molecular complexity index is 1130. The lowest BCUT2D eigenvalue weighted by Crippen LogP contribution is -2.09. The van der Waals surface area contributed by atoms with Crippen LogP contribution in [-0.4, -0.2) is 34.3 Å². The molecule has 0 heterocycles. The van der Waals surface area contributed by atoms with Crippen molar-refractivity contribution in [1.82, 2.24) is 0 Å². The zero-order chi connectivity index (χ0) is 23.6. The van der Waals surface area contributed by atoms with Crippen molar-refractivity contribution in [2.75, 3.05) is 33.8 Å². The average molecular weight is 446 g/mol. The number of carbonyl (C=O) groups is 1. The van der Waals surface area contributed by atoms with Gasteiger partial charge in [0, 0.05) is 6.08 Å². The molecule has 3 aromatic rings. The first-order valence-corrected chi connectivity index (χ1v) is 10.3. The molecule has 33 heavy (non-hydrogen) atoms. The lowest BCUT2D eigenvalue weighted by molar-refractivity contribution is -0.111. The number of hydrogen-bond acceptors (Lipinski definition) is 5. The molecule has 0 spiro atoms. The van der Waals surface area contributed by atoms with Crippen LogP contribution in [0.1, 0.15) is 16.7 Å². The second-order valence-corrected chi connectivity index (χ2v) is 6.98. The first kappa shape index (κ1) is 23.5. The maximum absolute atomic E-state index is 12.4. The summed E-state index contributed by atoms with van der Waals surface area (Å²) in [5.41, 5.74) is 3.28. The van der Waals surface area contributed by atoms with Crippen LogP contribution >= 0.6 is 0 Å². The van der Waals surface area contributed by atoms with E-state index in [0.717, 1.165) is 16.7 Å². The number of rotatable bonds is 9. The number of hydrogen-bond donors (Lipinski definition) is 1. The van der Waals surface area contributed by atoms with E-state index >= 15 is 0 Å². The fourth-order valence-corrected chi connectivity index (χ4v) is 3.23. The van der Waals surface area contributed by atoms with E-state index in [-0.39, 0.29) is 5.91 Å². The Kier molecular flexibility index (Phi) is 8.13. The monoisotopic (exact) mass is 445 g/mol. The Morgan fingerprint density at radius 1 is 0.667 bits per heavy atom. The Balaban J connectivity index is 1.81. The second-order valence-electron chi connectivity index (χ2n) is 6.98. The first-order chi connectivity index (χ1) is 16.1. The van der Waals surface area contributed by atoms with E-state index in [0.29, 0.717) is 28.7 Å². The zero-order valence-corrected chi connectivity index (χ0v) is 19.1. The number of carbonyl (C=O) groups excluding carboxylic acids is 1. The number of methoxy groups -OCH3 is 4. The summed E-state index contributed by atoms with van der Waals surface area (Å²) in [6.45, 7) is 0. The molecule has 0 aliphatic rings. The molecule has 6 nitrogen and oxygen atoms in total. The van der Waals surface area contributed by atoms with Crippen LogP contribution in [0, 0.1) is 0 Å². The molecular weight excluding hydrogens is 418 g/mol. The topological polar surface area (TPSA) is 66.0 Å². The minimum atomic E-state index is -0.247. The summed E-state index contributed by atoms with van der Waals surface area (Å²) in [4.78, 5) is 12.4. The van der Waals surface area contributed by atoms with Crippen LogP contribution in [0.3, 0.4) is 0 Å². The van der Waals surface area contributed by atoms with Crippen molar-refractivity contribution in [3.05, 3.63) is 83.4 Å². The zero-order valence-electron chi connectivity index (χ0n) is 19.1. The van der Waals surface area contributed by atoms with Gasteiger partial charge in [-0.1, -0.05) is 48.6 Å². The highest BCUT2D eigenvalue weighted by Gasteiger charge is 2.12. The predicted molar refractivity (Wildman–Crippen MR) is 132 cm³/mol. The molecule has 0 bridgehead atoms. The van der Waals surface area contributed by atoms with E-state index in [2.05, 4.69) is 5.32 Å². The molecule has 170 valence electrons. The predicted octanol–water partition coefficient (Wildman–Crippen LogP) is 5.54. The normalized spacial score (nSPS) is 10.9. The standard InChI is InChI=1S/C27H27NO5/c1-30-23-14-12-20(10-11-21-17-24(31-2)27(33-4)25(18-21)32-3)16-22(23)28-26(29)15-13-19-8-6-5-7-9-19/h5-18H,1-4H3,(H,28,29)/b11-10+,15-13+. The molecule has 6 heteroatoms. The van der Waals surface area contributed by atoms with Crippen LogP contribution in [0.15, 0.2) is 66.7 Å². The van der Waals surface area contributed by atoms with Crippen LogP contribution in [0.5, 0.6) is 23.0 Å². The molecular formula is C27H27NO5. The fourth-order valence-electron chi connectivity index (χ4n) is 3.23. The number of amides is 1. The summed E-state index contributed by atoms with van der Waals surface area (Å²) in [7, 11) is 6.29. The molecule has 0 aliphatic carbocycles. The third-order valence-electron chi connectivity index (χ3n) is 4.86. The lowest BCUT2D eigenvalue weighted by atomic mass is 10.1. The third-order valence-corrected chi connectivity index (χ3v) is 4.86. The average Bonchev–Trinajstić information content (AvgIpc) is 2.86. The van der Waals surface area contributed by atoms with E-state index in [1.54, 1.807) is 34.5 Å². The van der Waals surface area contributed by atoms with Crippen molar-refractivity contribution in [2.45, 2.75) is 0 Å². The molecule has 1 amide bonds. The highest BCUT2D eigenvalue weighted by Crippen LogP contribution is 2.38. The minimum absolute atomic E-state index is 0.247. The van der Waals surface area contributed by atoms with Gasteiger partial charge in [-0.3, -0.25) is 4.79 Å². The summed E-state index contributed by atoms with van der Waals surface area (Å²) < 4.78 is 21.6. The van der Waals surface area contributed by atoms with Gasteiger partial charge in [-0.25, -0.2) is 0 Å². The van der Waals surface area contributed by atoms with Crippen LogP contribution < -0.4 is 24.3 Å². The third kappa shape index (κ3) is 6.17. The van der Waals surface area contributed by atoms with Gasteiger partial charge in [0.25, 0.3) is 0 Å². The molecule has 3 rings (SSSR count). The highest BCUT2D eigenvalue weighted by atomic mass is 16.5. The first-order valence-electron chi connectivity index (χ1n) is 10.3. The second kappa shape index (κ2) is 11.4. The van der Waals surface area contributed by atoms with Gasteiger partial charge >= 0.3 is 0 Å². The van der Waals surface area contributed by atoms with Crippen molar-refractivity contribution in [2.24, 2.45) is 0 Å². The Labute approximate surface area is 194 Å². The van der Waals surface area contributed by atoms with Crippen LogP contribution in [0.25, 0.3) is 18.2 Å². The molecule has 3 aromatic carbocycles. The molecule has 0 atom stereocenters. The lowest BCUT2D eigenvalue weighted by Gasteiger charge is -2.13. The Morgan fingerprint density at radius 3 is 1.91 bits per heavy atom. The largest absolute Gasteiger partial charge is 0.495 e. The van der Waals surface area contributed by atoms with Gasteiger partial charge in [0.1, 0.15) is 5.75 Å². The summed E-state index contributed by atoms with van der Waals surface area (Å²) in [5.74, 6) is 2.01. The number of nitrogens with one attached hydrogen (secondary N) is 1. The van der Waals surface area contributed by atoms with Crippen LogP contribution in [0.2, 0.25) is 0 Å². The van der Waals surface area contributed by atoms with Crippen molar-refractivity contribution in [3.8, 4) is 23.0 Å². The molecule has 0 saturated heterocycles. The van der Waals surface area contributed by atoms with E-state index in [4.69, 9.17) is 18.9 Å². The molecule has 1 N–H and O–H groups in total. The van der Waals surface area contributed by atoms with Gasteiger partial charge in [-0.15, -0.1) is 0 Å². The van der Waals surface area contributed by atoms with E-state index in [1.807, 2.05) is 72.8 Å². The smallest absolute Gasteiger partial charge is 0.248 e. The van der Waals surface area contributed by atoms with Crippen molar-refractivity contribution in [3.63, 3.8) is 0 Å². The van der Waals surface area contributed by atoms with Crippen LogP contribution in [0.4, 0.5) is 5.69 Å². The van der Waals surface area contributed by atoms with E-state index in [9.17, 15) is 4.79 Å². The summed E-state index contributed by atoms with van der Waals surface area (Å²) in [6.07, 6.45) is 7.10.